The second-order valence-corrected chi connectivity index (χ2v) is 24.3. The standard InChI is InChI=1S/C64H97N3O21/c1-39-20-16-13-11-9-7-5-6-8-10-12-14-19-23-47(87-62-59(79)55(57(77)42(4)86-62)65-38-64(83)60(80)58(78)51(74)37-84-64)33-52-54(61(81)67-28-26-66(27-29-67)36-43-21-17-15-18-22-43)50(73)35-63(82,88-52)34-46(70)31-49(72)48(71)25-24-44(68)30-45(69)32-53(75)85-41(3)40(2)56(39)76/h5-23,39-42,44-52,54-60,62,65,68-74,76-80,82-83H,24-38H2,1-4H3/b6-5+,9-7+,10-8+,13-11+,14-12+,20-16+,23-19+/t39-,40?,41-,42+,44+,45+,46-,47-,48+,49+,50-,51+,52?,54?,55-,56+,57+,58+,59-,60-,62?,63+,64+/m0/s1. The molecule has 24 heteroatoms. The lowest BCUT2D eigenvalue weighted by Crippen LogP contribution is -2.69. The van der Waals surface area contributed by atoms with Crippen LogP contribution in [0.15, 0.2) is 115 Å². The number of piperazine rings is 1. The second-order valence-electron chi connectivity index (χ2n) is 24.3. The lowest BCUT2D eigenvalue weighted by molar-refractivity contribution is -0.323. The first-order chi connectivity index (χ1) is 41.8. The number of aliphatic hydroxyl groups is 14. The number of ether oxygens (including phenoxy) is 5. The average Bonchev–Trinajstić information content (AvgIpc) is 1.12. The summed E-state index contributed by atoms with van der Waals surface area (Å²) in [5.74, 6) is -8.20. The summed E-state index contributed by atoms with van der Waals surface area (Å²) in [5.41, 5.74) is 1.09. The van der Waals surface area contributed by atoms with Gasteiger partial charge in [-0.1, -0.05) is 129 Å². The molecule has 1 amide bonds. The maximum Gasteiger partial charge on any atom is 0.308 e. The van der Waals surface area contributed by atoms with Gasteiger partial charge in [-0.2, -0.15) is 0 Å². The van der Waals surface area contributed by atoms with Gasteiger partial charge in [-0.05, 0) is 38.7 Å². The third-order valence-electron chi connectivity index (χ3n) is 17.2. The van der Waals surface area contributed by atoms with Crippen molar-refractivity contribution in [3.05, 3.63) is 121 Å². The minimum Gasteiger partial charge on any atom is -0.462 e. The average molecular weight is 1240 g/mol. The third-order valence-corrected chi connectivity index (χ3v) is 17.2. The number of rotatable bonds is 8. The molecule has 494 valence electrons. The van der Waals surface area contributed by atoms with Crippen molar-refractivity contribution in [1.82, 2.24) is 15.1 Å². The van der Waals surface area contributed by atoms with Crippen molar-refractivity contribution in [3.8, 4) is 0 Å². The molecule has 0 radical (unpaired) electrons. The Labute approximate surface area is 515 Å². The molecule has 5 heterocycles. The van der Waals surface area contributed by atoms with Gasteiger partial charge in [0.2, 0.25) is 11.7 Å². The van der Waals surface area contributed by atoms with Crippen LogP contribution in [0.25, 0.3) is 0 Å². The number of esters is 1. The summed E-state index contributed by atoms with van der Waals surface area (Å²) in [4.78, 5) is 31.5. The molecule has 0 aliphatic carbocycles. The number of hydrogen-bond acceptors (Lipinski definition) is 23. The summed E-state index contributed by atoms with van der Waals surface area (Å²) in [6.07, 6.45) is -2.85. The van der Waals surface area contributed by atoms with Gasteiger partial charge in [0.15, 0.2) is 12.1 Å². The predicted octanol–water partition coefficient (Wildman–Crippen LogP) is -0.596. The van der Waals surface area contributed by atoms with Crippen molar-refractivity contribution in [3.63, 3.8) is 0 Å². The molecule has 23 atom stereocenters. The van der Waals surface area contributed by atoms with Gasteiger partial charge in [-0.3, -0.25) is 14.5 Å². The fourth-order valence-electron chi connectivity index (χ4n) is 11.7. The molecule has 0 aromatic heterocycles. The molecule has 4 fully saturated rings. The van der Waals surface area contributed by atoms with Crippen molar-refractivity contribution in [2.24, 2.45) is 17.8 Å². The van der Waals surface area contributed by atoms with Crippen LogP contribution in [0.3, 0.4) is 0 Å². The van der Waals surface area contributed by atoms with Crippen LogP contribution in [0, 0.1) is 17.8 Å². The smallest absolute Gasteiger partial charge is 0.308 e. The first-order valence-electron chi connectivity index (χ1n) is 30.7. The van der Waals surface area contributed by atoms with E-state index in [0.717, 1.165) is 5.56 Å². The molecule has 5 aliphatic heterocycles. The molecular formula is C64H97N3O21. The molecule has 4 unspecified atom stereocenters. The number of carbonyl (C=O) groups is 2. The maximum absolute atomic E-state index is 14.9. The zero-order valence-electron chi connectivity index (χ0n) is 50.7. The number of cyclic esters (lactones) is 1. The monoisotopic (exact) mass is 1240 g/mol. The van der Waals surface area contributed by atoms with E-state index in [0.29, 0.717) is 19.6 Å². The normalized spacial score (nSPS) is 43.3. The van der Waals surface area contributed by atoms with Crippen LogP contribution in [0.4, 0.5) is 0 Å². The SMILES string of the molecule is CC1[C@H](C)OC(=O)C[C@H](O)C[C@H](O)CC[C@@H](O)[C@H](O)C[C@H](O)C[C@]2(O)C[C@H](O)C(C(=O)N3CCN(Cc4ccccc4)CC3)C(C[C@@H](OC3O[C@H](C)[C@@H](O)[C@H](NC[C@@]4(O)OC[C@@H](O)[C@@H](O)[C@@H]4O)[C@@H]3O)/C=C/C=C/C=C/C=C/C=C/C=C/C=C/[C@H](C)[C@H]1O)O2. The highest BCUT2D eigenvalue weighted by Gasteiger charge is 2.53. The Morgan fingerprint density at radius 2 is 1.25 bits per heavy atom. The summed E-state index contributed by atoms with van der Waals surface area (Å²) in [6, 6.07) is 8.49. The predicted molar refractivity (Wildman–Crippen MR) is 320 cm³/mol. The van der Waals surface area contributed by atoms with E-state index in [9.17, 15) is 81.1 Å². The largest absolute Gasteiger partial charge is 0.462 e. The number of amides is 1. The van der Waals surface area contributed by atoms with E-state index in [4.69, 9.17) is 23.7 Å². The summed E-state index contributed by atoms with van der Waals surface area (Å²) in [6.45, 7) is 7.72. The summed E-state index contributed by atoms with van der Waals surface area (Å²) in [5, 5.41) is 158. The summed E-state index contributed by atoms with van der Waals surface area (Å²) < 4.78 is 29.8. The van der Waals surface area contributed by atoms with Crippen LogP contribution in [-0.4, -0.2) is 254 Å². The Hall–Kier alpha value is -4.46. The highest BCUT2D eigenvalue weighted by molar-refractivity contribution is 5.80. The van der Waals surface area contributed by atoms with Crippen LogP contribution < -0.4 is 5.32 Å². The van der Waals surface area contributed by atoms with Gasteiger partial charge >= 0.3 is 5.97 Å². The lowest BCUT2D eigenvalue weighted by atomic mass is 9.81. The molecular weight excluding hydrogens is 1150 g/mol. The molecule has 15 N–H and O–H groups in total. The van der Waals surface area contributed by atoms with Gasteiger partial charge in [0, 0.05) is 70.2 Å². The Kier molecular flexibility index (Phi) is 28.7. The van der Waals surface area contributed by atoms with Crippen LogP contribution in [0.5, 0.6) is 0 Å². The van der Waals surface area contributed by atoms with Gasteiger partial charge in [-0.25, -0.2) is 0 Å². The Bertz CT molecular complexity index is 2490. The van der Waals surface area contributed by atoms with Gasteiger partial charge in [0.05, 0.1) is 98.7 Å². The molecule has 0 spiro atoms. The van der Waals surface area contributed by atoms with E-state index >= 15 is 0 Å². The van der Waals surface area contributed by atoms with Crippen LogP contribution >= 0.6 is 0 Å². The number of fused-ring (bicyclic) bond motifs is 2. The topological polar surface area (TPSA) is 382 Å². The number of aliphatic hydroxyl groups excluding tert-OH is 12. The fraction of sp³-hybridized carbons (Fsp3) is 0.656. The number of nitrogens with zero attached hydrogens (tertiary/aromatic N) is 2. The number of benzene rings is 1. The van der Waals surface area contributed by atoms with Gasteiger partial charge in [0.1, 0.15) is 30.5 Å². The van der Waals surface area contributed by atoms with E-state index in [2.05, 4.69) is 10.2 Å². The van der Waals surface area contributed by atoms with Gasteiger partial charge in [-0.15, -0.1) is 0 Å². The number of carbonyl (C=O) groups excluding carboxylic acids is 2. The Balaban J connectivity index is 1.27. The molecule has 0 saturated carbocycles. The summed E-state index contributed by atoms with van der Waals surface area (Å²) >= 11 is 0. The molecule has 2 bridgehead atoms. The molecule has 1 aromatic carbocycles. The van der Waals surface area contributed by atoms with Gasteiger partial charge < -0.3 is 105 Å². The van der Waals surface area contributed by atoms with Crippen molar-refractivity contribution in [2.45, 2.75) is 207 Å². The highest BCUT2D eigenvalue weighted by Crippen LogP contribution is 2.39. The van der Waals surface area contributed by atoms with Crippen LogP contribution in [0.2, 0.25) is 0 Å². The second kappa shape index (κ2) is 34.8. The first-order valence-corrected chi connectivity index (χ1v) is 30.7. The minimum absolute atomic E-state index is 0.130. The Morgan fingerprint density at radius 1 is 0.636 bits per heavy atom. The lowest BCUT2D eigenvalue weighted by Gasteiger charge is -2.48. The zero-order valence-corrected chi connectivity index (χ0v) is 50.7. The van der Waals surface area contributed by atoms with E-state index in [1.165, 1.54) is 6.92 Å². The number of nitrogens with one attached hydrogen (secondary N) is 1. The van der Waals surface area contributed by atoms with Crippen molar-refractivity contribution < 1.29 is 105 Å². The van der Waals surface area contributed by atoms with Crippen molar-refractivity contribution >= 4 is 11.9 Å². The van der Waals surface area contributed by atoms with E-state index in [1.54, 1.807) is 97.7 Å². The van der Waals surface area contributed by atoms with Crippen molar-refractivity contribution in [1.29, 1.82) is 0 Å². The number of hydrogen-bond donors (Lipinski definition) is 15. The molecule has 1 aromatic rings. The fourth-order valence-corrected chi connectivity index (χ4v) is 11.7. The molecule has 24 nitrogen and oxygen atoms in total. The number of allylic oxidation sites excluding steroid dienone is 12. The van der Waals surface area contributed by atoms with Crippen LogP contribution in [0.1, 0.15) is 84.6 Å². The van der Waals surface area contributed by atoms with Crippen molar-refractivity contribution in [2.75, 3.05) is 39.3 Å². The van der Waals surface area contributed by atoms with E-state index in [1.807, 2.05) is 43.3 Å². The maximum atomic E-state index is 14.9. The molecule has 88 heavy (non-hydrogen) atoms. The highest BCUT2D eigenvalue weighted by atomic mass is 16.7. The first kappa shape index (κ1) is 72.6. The van der Waals surface area contributed by atoms with Crippen LogP contribution in [-0.2, 0) is 39.8 Å². The van der Waals surface area contributed by atoms with E-state index < -0.39 is 184 Å². The summed E-state index contributed by atoms with van der Waals surface area (Å²) in [7, 11) is 0. The Morgan fingerprint density at radius 3 is 1.89 bits per heavy atom. The zero-order chi connectivity index (χ0) is 64.3. The minimum atomic E-state index is -2.47. The third kappa shape index (κ3) is 21.6. The molecule has 6 rings (SSSR count). The van der Waals surface area contributed by atoms with E-state index in [-0.39, 0.29) is 44.7 Å². The quantitative estimate of drug-likeness (QED) is 0.145. The molecule has 4 saturated heterocycles. The molecule has 5 aliphatic rings. The van der Waals surface area contributed by atoms with Gasteiger partial charge in [0.25, 0.3) is 0 Å².